The van der Waals surface area contributed by atoms with Crippen molar-refractivity contribution in [2.24, 2.45) is 11.8 Å². The van der Waals surface area contributed by atoms with Gasteiger partial charge in [-0.2, -0.15) is 0 Å². The highest BCUT2D eigenvalue weighted by molar-refractivity contribution is 4.95. The number of aliphatic hydroxyl groups excluding tert-OH is 1. The maximum atomic E-state index is 9.68. The minimum absolute atomic E-state index is 0.0484. The van der Waals surface area contributed by atoms with E-state index in [4.69, 9.17) is 9.47 Å². The quantitative estimate of drug-likeness (QED) is 0.695. The summed E-state index contributed by atoms with van der Waals surface area (Å²) >= 11 is 0. The van der Waals surface area contributed by atoms with Crippen LogP contribution >= 0.6 is 0 Å². The van der Waals surface area contributed by atoms with E-state index in [1.807, 2.05) is 6.08 Å². The van der Waals surface area contributed by atoms with Gasteiger partial charge in [0.15, 0.2) is 6.29 Å². The fourth-order valence-electron chi connectivity index (χ4n) is 2.50. The standard InChI is InChI=1S/C11H18O3/c1-2-9-8(3-4-10(9)12)7-11-13-5-6-14-11/h2,8-12H,1,3-7H2/t8-,9-,10-/m1/s1. The van der Waals surface area contributed by atoms with Crippen LogP contribution in [0.2, 0.25) is 0 Å². The molecule has 2 rings (SSSR count). The van der Waals surface area contributed by atoms with E-state index in [1.54, 1.807) is 0 Å². The van der Waals surface area contributed by atoms with Crippen molar-refractivity contribution in [3.05, 3.63) is 12.7 Å². The Morgan fingerprint density at radius 2 is 2.00 bits per heavy atom. The van der Waals surface area contributed by atoms with Gasteiger partial charge in [0, 0.05) is 12.3 Å². The number of hydrogen-bond acceptors (Lipinski definition) is 3. The van der Waals surface area contributed by atoms with Gasteiger partial charge in [0.05, 0.1) is 19.3 Å². The number of aliphatic hydroxyl groups is 1. The molecule has 3 heteroatoms. The van der Waals surface area contributed by atoms with Gasteiger partial charge in [-0.3, -0.25) is 0 Å². The maximum Gasteiger partial charge on any atom is 0.158 e. The van der Waals surface area contributed by atoms with Gasteiger partial charge in [-0.1, -0.05) is 6.08 Å². The molecule has 0 aromatic rings. The van der Waals surface area contributed by atoms with Crippen molar-refractivity contribution in [2.75, 3.05) is 13.2 Å². The molecule has 1 saturated heterocycles. The molecule has 0 radical (unpaired) electrons. The highest BCUT2D eigenvalue weighted by Gasteiger charge is 2.35. The summed E-state index contributed by atoms with van der Waals surface area (Å²) in [6.45, 7) is 5.19. The second-order valence-electron chi connectivity index (χ2n) is 4.12. The molecule has 3 nitrogen and oxygen atoms in total. The predicted molar refractivity (Wildman–Crippen MR) is 52.7 cm³/mol. The topological polar surface area (TPSA) is 38.7 Å². The van der Waals surface area contributed by atoms with Crippen LogP contribution in [0.3, 0.4) is 0 Å². The van der Waals surface area contributed by atoms with Gasteiger partial charge in [-0.25, -0.2) is 0 Å². The van der Waals surface area contributed by atoms with E-state index in [9.17, 15) is 5.11 Å². The highest BCUT2D eigenvalue weighted by Crippen LogP contribution is 2.36. The van der Waals surface area contributed by atoms with Gasteiger partial charge in [-0.05, 0) is 18.8 Å². The monoisotopic (exact) mass is 198 g/mol. The smallest absolute Gasteiger partial charge is 0.158 e. The minimum atomic E-state index is -0.209. The highest BCUT2D eigenvalue weighted by atomic mass is 16.7. The molecule has 0 aromatic carbocycles. The summed E-state index contributed by atoms with van der Waals surface area (Å²) in [5, 5.41) is 9.68. The molecular weight excluding hydrogens is 180 g/mol. The summed E-state index contributed by atoms with van der Waals surface area (Å²) in [5.74, 6) is 0.702. The molecule has 1 aliphatic heterocycles. The van der Waals surface area contributed by atoms with Gasteiger partial charge in [0.25, 0.3) is 0 Å². The maximum absolute atomic E-state index is 9.68. The van der Waals surface area contributed by atoms with Crippen LogP contribution in [0.1, 0.15) is 19.3 Å². The second kappa shape index (κ2) is 4.43. The summed E-state index contributed by atoms with van der Waals surface area (Å²) in [7, 11) is 0. The number of hydrogen-bond donors (Lipinski definition) is 1. The van der Waals surface area contributed by atoms with E-state index < -0.39 is 0 Å². The molecule has 0 aromatic heterocycles. The first-order valence-corrected chi connectivity index (χ1v) is 5.35. The Balaban J connectivity index is 1.87. The van der Waals surface area contributed by atoms with E-state index >= 15 is 0 Å². The Kier molecular flexibility index (Phi) is 3.21. The molecular formula is C11H18O3. The Labute approximate surface area is 84.7 Å². The molecule has 0 amide bonds. The van der Waals surface area contributed by atoms with Crippen molar-refractivity contribution in [3.8, 4) is 0 Å². The lowest BCUT2D eigenvalue weighted by atomic mass is 9.92. The predicted octanol–water partition coefficient (Wildman–Crippen LogP) is 1.32. The van der Waals surface area contributed by atoms with Gasteiger partial charge < -0.3 is 14.6 Å². The van der Waals surface area contributed by atoms with Crippen molar-refractivity contribution < 1.29 is 14.6 Å². The molecule has 14 heavy (non-hydrogen) atoms. The summed E-state index contributed by atoms with van der Waals surface area (Å²) < 4.78 is 10.8. The lowest BCUT2D eigenvalue weighted by Gasteiger charge is -2.20. The Hall–Kier alpha value is -0.380. The van der Waals surface area contributed by atoms with E-state index in [0.717, 1.165) is 19.3 Å². The molecule has 0 spiro atoms. The van der Waals surface area contributed by atoms with Crippen LogP contribution in [0.4, 0.5) is 0 Å². The molecule has 0 unspecified atom stereocenters. The van der Waals surface area contributed by atoms with Crippen molar-refractivity contribution in [3.63, 3.8) is 0 Å². The number of ether oxygens (including phenoxy) is 2. The molecule has 1 N–H and O–H groups in total. The fourth-order valence-corrected chi connectivity index (χ4v) is 2.50. The van der Waals surface area contributed by atoms with E-state index in [1.165, 1.54) is 0 Å². The van der Waals surface area contributed by atoms with Crippen LogP contribution < -0.4 is 0 Å². The van der Waals surface area contributed by atoms with Gasteiger partial charge in [0.1, 0.15) is 0 Å². The van der Waals surface area contributed by atoms with Crippen LogP contribution in [0.25, 0.3) is 0 Å². The molecule has 0 bridgehead atoms. The summed E-state index contributed by atoms with van der Waals surface area (Å²) in [5.41, 5.74) is 0. The van der Waals surface area contributed by atoms with Gasteiger partial charge in [-0.15, -0.1) is 6.58 Å². The van der Waals surface area contributed by atoms with Crippen LogP contribution in [0, 0.1) is 11.8 Å². The molecule has 2 fully saturated rings. The summed E-state index contributed by atoms with van der Waals surface area (Å²) in [6.07, 6.45) is 4.45. The Morgan fingerprint density at radius 1 is 1.29 bits per heavy atom. The van der Waals surface area contributed by atoms with Crippen molar-refractivity contribution >= 4 is 0 Å². The zero-order valence-electron chi connectivity index (χ0n) is 8.39. The van der Waals surface area contributed by atoms with Crippen LogP contribution in [0.5, 0.6) is 0 Å². The largest absolute Gasteiger partial charge is 0.393 e. The normalized spacial score (nSPS) is 39.1. The third-order valence-electron chi connectivity index (χ3n) is 3.28. The number of rotatable bonds is 3. The SMILES string of the molecule is C=C[C@@H]1[C@@H](CC2OCCO2)CC[C@H]1O. The second-order valence-corrected chi connectivity index (χ2v) is 4.12. The van der Waals surface area contributed by atoms with Crippen molar-refractivity contribution in [2.45, 2.75) is 31.7 Å². The average molecular weight is 198 g/mol. The fraction of sp³-hybridized carbons (Fsp3) is 0.818. The minimum Gasteiger partial charge on any atom is -0.393 e. The van der Waals surface area contributed by atoms with Crippen LogP contribution in [-0.2, 0) is 9.47 Å². The van der Waals surface area contributed by atoms with Crippen molar-refractivity contribution in [1.29, 1.82) is 0 Å². The molecule has 1 saturated carbocycles. The zero-order chi connectivity index (χ0) is 9.97. The van der Waals surface area contributed by atoms with Gasteiger partial charge in [0.2, 0.25) is 0 Å². The van der Waals surface area contributed by atoms with E-state index in [0.29, 0.717) is 19.1 Å². The average Bonchev–Trinajstić information content (AvgIpc) is 2.77. The molecule has 2 aliphatic rings. The third kappa shape index (κ3) is 2.00. The molecule has 80 valence electrons. The van der Waals surface area contributed by atoms with E-state index in [2.05, 4.69) is 6.58 Å². The Bertz CT molecular complexity index is 199. The summed E-state index contributed by atoms with van der Waals surface area (Å²) in [6, 6.07) is 0. The lowest BCUT2D eigenvalue weighted by molar-refractivity contribution is -0.0601. The first-order chi connectivity index (χ1) is 6.81. The van der Waals surface area contributed by atoms with Gasteiger partial charge >= 0.3 is 0 Å². The lowest BCUT2D eigenvalue weighted by Crippen LogP contribution is -2.21. The Morgan fingerprint density at radius 3 is 2.64 bits per heavy atom. The molecule has 1 heterocycles. The first kappa shape index (κ1) is 10.1. The molecule has 3 atom stereocenters. The van der Waals surface area contributed by atoms with Crippen LogP contribution in [-0.4, -0.2) is 30.7 Å². The summed E-state index contributed by atoms with van der Waals surface area (Å²) in [4.78, 5) is 0. The molecule has 1 aliphatic carbocycles. The first-order valence-electron chi connectivity index (χ1n) is 5.35. The zero-order valence-corrected chi connectivity index (χ0v) is 8.39. The van der Waals surface area contributed by atoms with Crippen LogP contribution in [0.15, 0.2) is 12.7 Å². The third-order valence-corrected chi connectivity index (χ3v) is 3.28. The van der Waals surface area contributed by atoms with Crippen molar-refractivity contribution in [1.82, 2.24) is 0 Å². The van der Waals surface area contributed by atoms with E-state index in [-0.39, 0.29) is 18.3 Å².